The van der Waals surface area contributed by atoms with E-state index in [4.69, 9.17) is 10.7 Å². The van der Waals surface area contributed by atoms with Gasteiger partial charge in [-0.1, -0.05) is 18.2 Å². The van der Waals surface area contributed by atoms with Gasteiger partial charge in [-0.2, -0.15) is 0 Å². The lowest BCUT2D eigenvalue weighted by Crippen LogP contribution is -1.97. The number of halogens is 1. The number of benzene rings is 3. The van der Waals surface area contributed by atoms with Crippen molar-refractivity contribution in [1.82, 2.24) is 4.98 Å². The number of pyridine rings is 1. The standard InChI is InChI=1S/C21H17N3O.ClH/c1-13(25)14-6-9-16(10-7-14)23-21-17-4-2-3-5-19(17)24-20-12-15(22)8-11-18(20)21;/h2-12H,22H2,1H3,(H,23,24);1H. The smallest absolute Gasteiger partial charge is 0.159 e. The van der Waals surface area contributed by atoms with Crippen LogP contribution in [0.2, 0.25) is 0 Å². The van der Waals surface area contributed by atoms with Crippen molar-refractivity contribution in [3.8, 4) is 0 Å². The molecule has 0 radical (unpaired) electrons. The second-order valence-corrected chi connectivity index (χ2v) is 6.04. The number of carbonyl (C=O) groups is 1. The van der Waals surface area contributed by atoms with Gasteiger partial charge < -0.3 is 11.1 Å². The van der Waals surface area contributed by atoms with Gasteiger partial charge in [-0.05, 0) is 55.5 Å². The first-order chi connectivity index (χ1) is 12.1. The summed E-state index contributed by atoms with van der Waals surface area (Å²) in [5, 5.41) is 5.52. The van der Waals surface area contributed by atoms with Gasteiger partial charge in [0.05, 0.1) is 16.7 Å². The van der Waals surface area contributed by atoms with E-state index in [0.29, 0.717) is 11.3 Å². The molecule has 4 aromatic rings. The first-order valence-corrected chi connectivity index (χ1v) is 8.08. The van der Waals surface area contributed by atoms with Crippen LogP contribution in [0.25, 0.3) is 21.8 Å². The number of para-hydroxylation sites is 1. The van der Waals surface area contributed by atoms with E-state index in [9.17, 15) is 4.79 Å². The summed E-state index contributed by atoms with van der Waals surface area (Å²) in [4.78, 5) is 16.2. The van der Waals surface area contributed by atoms with Crippen LogP contribution in [0.3, 0.4) is 0 Å². The molecule has 3 N–H and O–H groups in total. The Hall–Kier alpha value is -3.11. The predicted octanol–water partition coefficient (Wildman–Crippen LogP) is 5.34. The topological polar surface area (TPSA) is 68.0 Å². The fourth-order valence-corrected chi connectivity index (χ4v) is 2.98. The Morgan fingerprint density at radius 3 is 2.35 bits per heavy atom. The van der Waals surface area contributed by atoms with Crippen molar-refractivity contribution >= 4 is 57.1 Å². The Balaban J connectivity index is 0.00000196. The molecular formula is C21H18ClN3O. The highest BCUT2D eigenvalue weighted by atomic mass is 35.5. The number of nitrogen functional groups attached to an aromatic ring is 1. The molecule has 0 bridgehead atoms. The largest absolute Gasteiger partial charge is 0.399 e. The molecule has 0 amide bonds. The molecule has 3 aromatic carbocycles. The van der Waals surface area contributed by atoms with Crippen molar-refractivity contribution in [2.45, 2.75) is 6.92 Å². The number of aromatic nitrogens is 1. The molecule has 5 heteroatoms. The monoisotopic (exact) mass is 363 g/mol. The molecule has 0 aliphatic rings. The molecule has 1 aromatic heterocycles. The van der Waals surface area contributed by atoms with E-state index in [1.165, 1.54) is 0 Å². The average molecular weight is 364 g/mol. The van der Waals surface area contributed by atoms with Crippen molar-refractivity contribution in [1.29, 1.82) is 0 Å². The van der Waals surface area contributed by atoms with Crippen LogP contribution < -0.4 is 11.1 Å². The van der Waals surface area contributed by atoms with Crippen LogP contribution in [-0.4, -0.2) is 10.8 Å². The number of Topliss-reactive ketones (excluding diaryl/α,β-unsaturated/α-hetero) is 1. The summed E-state index contributed by atoms with van der Waals surface area (Å²) in [5.41, 5.74) is 11.0. The Morgan fingerprint density at radius 2 is 1.62 bits per heavy atom. The zero-order chi connectivity index (χ0) is 17.4. The molecule has 1 heterocycles. The first kappa shape index (κ1) is 17.7. The van der Waals surface area contributed by atoms with Crippen molar-refractivity contribution in [3.05, 3.63) is 72.3 Å². The maximum absolute atomic E-state index is 11.5. The SMILES string of the molecule is CC(=O)c1ccc(Nc2c3ccccc3nc3cc(N)ccc23)cc1.Cl. The molecule has 4 rings (SSSR count). The van der Waals surface area contributed by atoms with E-state index in [2.05, 4.69) is 5.32 Å². The number of nitrogens with two attached hydrogens (primary N) is 1. The van der Waals surface area contributed by atoms with Gasteiger partial charge in [-0.15, -0.1) is 12.4 Å². The van der Waals surface area contributed by atoms with Gasteiger partial charge in [0.15, 0.2) is 5.78 Å². The maximum Gasteiger partial charge on any atom is 0.159 e. The molecule has 4 nitrogen and oxygen atoms in total. The molecule has 0 fully saturated rings. The van der Waals surface area contributed by atoms with Crippen molar-refractivity contribution < 1.29 is 4.79 Å². The van der Waals surface area contributed by atoms with E-state index in [0.717, 1.165) is 33.2 Å². The van der Waals surface area contributed by atoms with Crippen LogP contribution in [0.5, 0.6) is 0 Å². The molecule has 130 valence electrons. The molecule has 0 unspecified atom stereocenters. The third-order valence-electron chi connectivity index (χ3n) is 4.27. The Bertz CT molecular complexity index is 1110. The normalized spacial score (nSPS) is 10.5. The number of ketones is 1. The highest BCUT2D eigenvalue weighted by molar-refractivity contribution is 6.09. The van der Waals surface area contributed by atoms with Crippen LogP contribution in [0.4, 0.5) is 17.1 Å². The van der Waals surface area contributed by atoms with Gasteiger partial charge in [-0.25, -0.2) is 4.98 Å². The van der Waals surface area contributed by atoms with E-state index in [-0.39, 0.29) is 18.2 Å². The average Bonchev–Trinajstić information content (AvgIpc) is 2.61. The second kappa shape index (κ2) is 7.02. The maximum atomic E-state index is 11.5. The Kier molecular flexibility index (Phi) is 4.78. The molecular weight excluding hydrogens is 346 g/mol. The highest BCUT2D eigenvalue weighted by Crippen LogP contribution is 2.33. The van der Waals surface area contributed by atoms with Gasteiger partial charge in [-0.3, -0.25) is 4.79 Å². The third kappa shape index (κ3) is 3.19. The zero-order valence-corrected chi connectivity index (χ0v) is 15.0. The summed E-state index contributed by atoms with van der Waals surface area (Å²) in [5.74, 6) is 0.0573. The van der Waals surface area contributed by atoms with E-state index in [1.807, 2.05) is 66.7 Å². The zero-order valence-electron chi connectivity index (χ0n) is 14.2. The number of anilines is 3. The van der Waals surface area contributed by atoms with Crippen molar-refractivity contribution in [3.63, 3.8) is 0 Å². The summed E-state index contributed by atoms with van der Waals surface area (Å²) in [6, 6.07) is 21.2. The summed E-state index contributed by atoms with van der Waals surface area (Å²) >= 11 is 0. The summed E-state index contributed by atoms with van der Waals surface area (Å²) in [7, 11) is 0. The van der Waals surface area contributed by atoms with E-state index < -0.39 is 0 Å². The quantitative estimate of drug-likeness (QED) is 0.293. The van der Waals surface area contributed by atoms with Gasteiger partial charge >= 0.3 is 0 Å². The minimum atomic E-state index is 0. The lowest BCUT2D eigenvalue weighted by Gasteiger charge is -2.14. The molecule has 0 aliphatic heterocycles. The van der Waals surface area contributed by atoms with E-state index >= 15 is 0 Å². The summed E-state index contributed by atoms with van der Waals surface area (Å²) in [6.07, 6.45) is 0. The number of fused-ring (bicyclic) bond motifs is 2. The Labute approximate surface area is 157 Å². The fourth-order valence-electron chi connectivity index (χ4n) is 2.98. The molecule has 0 saturated heterocycles. The minimum absolute atomic E-state index is 0. The number of carbonyl (C=O) groups excluding carboxylic acids is 1. The molecule has 26 heavy (non-hydrogen) atoms. The predicted molar refractivity (Wildman–Crippen MR) is 111 cm³/mol. The van der Waals surface area contributed by atoms with Gasteiger partial charge in [0, 0.05) is 27.7 Å². The number of nitrogens with zero attached hydrogens (tertiary/aromatic N) is 1. The van der Waals surface area contributed by atoms with Gasteiger partial charge in [0.1, 0.15) is 0 Å². The minimum Gasteiger partial charge on any atom is -0.399 e. The van der Waals surface area contributed by atoms with Crippen molar-refractivity contribution in [2.24, 2.45) is 0 Å². The second-order valence-electron chi connectivity index (χ2n) is 6.04. The number of nitrogens with one attached hydrogen (secondary N) is 1. The van der Waals surface area contributed by atoms with Crippen LogP contribution >= 0.6 is 12.4 Å². The number of hydrogen-bond acceptors (Lipinski definition) is 4. The first-order valence-electron chi connectivity index (χ1n) is 8.08. The van der Waals surface area contributed by atoms with Crippen molar-refractivity contribution in [2.75, 3.05) is 11.1 Å². The number of rotatable bonds is 3. The summed E-state index contributed by atoms with van der Waals surface area (Å²) < 4.78 is 0. The number of hydrogen-bond donors (Lipinski definition) is 2. The molecule has 0 atom stereocenters. The van der Waals surface area contributed by atoms with E-state index in [1.54, 1.807) is 6.92 Å². The van der Waals surface area contributed by atoms with Gasteiger partial charge in [0.2, 0.25) is 0 Å². The lowest BCUT2D eigenvalue weighted by molar-refractivity contribution is 0.101. The van der Waals surface area contributed by atoms with Crippen LogP contribution in [0.1, 0.15) is 17.3 Å². The molecule has 0 saturated carbocycles. The lowest BCUT2D eigenvalue weighted by atomic mass is 10.1. The van der Waals surface area contributed by atoms with Gasteiger partial charge in [0.25, 0.3) is 0 Å². The molecule has 0 spiro atoms. The Morgan fingerprint density at radius 1 is 0.923 bits per heavy atom. The molecule has 0 aliphatic carbocycles. The van der Waals surface area contributed by atoms with Crippen LogP contribution in [-0.2, 0) is 0 Å². The fraction of sp³-hybridized carbons (Fsp3) is 0.0476. The highest BCUT2D eigenvalue weighted by Gasteiger charge is 2.10. The summed E-state index contributed by atoms with van der Waals surface area (Å²) in [6.45, 7) is 1.57. The van der Waals surface area contributed by atoms with Crippen LogP contribution in [0.15, 0.2) is 66.7 Å². The van der Waals surface area contributed by atoms with Crippen LogP contribution in [0, 0.1) is 0 Å². The third-order valence-corrected chi connectivity index (χ3v) is 4.27.